The minimum Gasteiger partial charge on any atom is -0.508 e. The maximum Gasteiger partial charge on any atom is 0.335 e. The molecule has 0 aliphatic carbocycles. The van der Waals surface area contributed by atoms with Crippen molar-refractivity contribution in [2.24, 2.45) is 0 Å². The van der Waals surface area contributed by atoms with Crippen molar-refractivity contribution in [2.75, 3.05) is 6.61 Å². The summed E-state index contributed by atoms with van der Waals surface area (Å²) in [6, 6.07) is 15.9. The van der Waals surface area contributed by atoms with Crippen molar-refractivity contribution in [1.29, 1.82) is 0 Å². The highest BCUT2D eigenvalue weighted by Crippen LogP contribution is 2.58. The van der Waals surface area contributed by atoms with Gasteiger partial charge in [0.2, 0.25) is 0 Å². The standard InChI is InChI=1S/C25H24BBrClO5P/c1-15(2)20-13-19(6-7-23(20)29)32-25-21(26)10-16(11-22(25)27)14-34(30)31-9-8-24(33-34)17-4-3-5-18(28)12-17/h3-7,10-13,15,24,29H,8-9,14H2,1-2H3/t24-,34?/m0/s1. The van der Waals surface area contributed by atoms with Gasteiger partial charge < -0.3 is 18.9 Å². The monoisotopic (exact) mass is 560 g/mol. The SMILES string of the molecule is [B]c1cc(CP2(=O)OCC[C@@H](c3cccc(Cl)c3)O2)cc(Br)c1Oc1ccc(O)c(C(C)C)c1. The van der Waals surface area contributed by atoms with Crippen molar-refractivity contribution in [3.05, 3.63) is 80.8 Å². The topological polar surface area (TPSA) is 65.0 Å². The van der Waals surface area contributed by atoms with Crippen LogP contribution in [0.3, 0.4) is 0 Å². The average Bonchev–Trinajstić information content (AvgIpc) is 2.77. The number of rotatable bonds is 6. The molecule has 0 spiro atoms. The van der Waals surface area contributed by atoms with E-state index >= 15 is 0 Å². The molecule has 1 heterocycles. The van der Waals surface area contributed by atoms with Gasteiger partial charge in [-0.2, -0.15) is 0 Å². The van der Waals surface area contributed by atoms with Crippen LogP contribution in [0.5, 0.6) is 17.2 Å². The third-order valence-corrected chi connectivity index (χ3v) is 8.25. The summed E-state index contributed by atoms with van der Waals surface area (Å²) >= 11 is 9.62. The van der Waals surface area contributed by atoms with Gasteiger partial charge in [0.25, 0.3) is 0 Å². The van der Waals surface area contributed by atoms with E-state index in [9.17, 15) is 9.67 Å². The van der Waals surface area contributed by atoms with Crippen molar-refractivity contribution in [2.45, 2.75) is 38.5 Å². The van der Waals surface area contributed by atoms with Crippen LogP contribution in [0.15, 0.2) is 59.1 Å². The van der Waals surface area contributed by atoms with Crippen molar-refractivity contribution in [3.8, 4) is 17.2 Å². The highest BCUT2D eigenvalue weighted by molar-refractivity contribution is 9.10. The van der Waals surface area contributed by atoms with Gasteiger partial charge in [-0.15, -0.1) is 0 Å². The van der Waals surface area contributed by atoms with Crippen LogP contribution < -0.4 is 10.2 Å². The quantitative estimate of drug-likeness (QED) is 0.251. The molecule has 1 saturated heterocycles. The zero-order chi connectivity index (χ0) is 24.5. The third kappa shape index (κ3) is 5.89. The van der Waals surface area contributed by atoms with E-state index in [-0.39, 0.29) is 23.9 Å². The predicted octanol–water partition coefficient (Wildman–Crippen LogP) is 7.39. The largest absolute Gasteiger partial charge is 0.508 e. The van der Waals surface area contributed by atoms with Gasteiger partial charge in [0.15, 0.2) is 0 Å². The van der Waals surface area contributed by atoms with Crippen molar-refractivity contribution >= 4 is 48.4 Å². The van der Waals surface area contributed by atoms with Gasteiger partial charge in [0.1, 0.15) is 25.1 Å². The fraction of sp³-hybridized carbons (Fsp3) is 0.280. The Hall–Kier alpha value is -1.76. The second-order valence-electron chi connectivity index (χ2n) is 8.51. The Morgan fingerprint density at radius 3 is 2.74 bits per heavy atom. The molecule has 4 rings (SSSR count). The molecule has 176 valence electrons. The first-order valence-corrected chi connectivity index (χ1v) is 13.8. The number of halogens is 2. The van der Waals surface area contributed by atoms with Gasteiger partial charge in [-0.25, -0.2) is 0 Å². The van der Waals surface area contributed by atoms with Crippen LogP contribution in [-0.2, 0) is 19.8 Å². The zero-order valence-electron chi connectivity index (χ0n) is 18.8. The van der Waals surface area contributed by atoms with E-state index in [2.05, 4.69) is 15.9 Å². The van der Waals surface area contributed by atoms with Crippen molar-refractivity contribution in [1.82, 2.24) is 0 Å². The summed E-state index contributed by atoms with van der Waals surface area (Å²) in [6.07, 6.45) is 0.309. The van der Waals surface area contributed by atoms with Crippen LogP contribution in [0.2, 0.25) is 5.02 Å². The van der Waals surface area contributed by atoms with Crippen molar-refractivity contribution in [3.63, 3.8) is 0 Å². The van der Waals surface area contributed by atoms with E-state index in [4.69, 9.17) is 33.2 Å². The highest BCUT2D eigenvalue weighted by atomic mass is 79.9. The molecule has 2 radical (unpaired) electrons. The Morgan fingerprint density at radius 1 is 1.24 bits per heavy atom. The molecule has 5 nitrogen and oxygen atoms in total. The second kappa shape index (κ2) is 10.5. The van der Waals surface area contributed by atoms with Crippen molar-refractivity contribution < 1.29 is 23.5 Å². The first-order valence-electron chi connectivity index (χ1n) is 10.9. The first-order chi connectivity index (χ1) is 16.1. The van der Waals surface area contributed by atoms with Crippen LogP contribution in [0.25, 0.3) is 0 Å². The fourth-order valence-corrected chi connectivity index (χ4v) is 6.52. The molecule has 1 aliphatic heterocycles. The van der Waals surface area contributed by atoms with E-state index in [1.165, 1.54) is 0 Å². The summed E-state index contributed by atoms with van der Waals surface area (Å²) in [4.78, 5) is 0. The van der Waals surface area contributed by atoms with Gasteiger partial charge in [-0.1, -0.05) is 49.1 Å². The molecule has 1 N–H and O–H groups in total. The summed E-state index contributed by atoms with van der Waals surface area (Å²) in [6.45, 7) is 4.31. The molecule has 2 atom stereocenters. The van der Waals surface area contributed by atoms with E-state index in [0.717, 1.165) is 11.1 Å². The summed E-state index contributed by atoms with van der Waals surface area (Å²) in [5.74, 6) is 1.34. The van der Waals surface area contributed by atoms with Crippen LogP contribution in [-0.4, -0.2) is 19.6 Å². The Labute approximate surface area is 214 Å². The molecule has 9 heteroatoms. The number of hydrogen-bond acceptors (Lipinski definition) is 5. The molecule has 34 heavy (non-hydrogen) atoms. The van der Waals surface area contributed by atoms with Crippen LogP contribution >= 0.6 is 35.1 Å². The minimum absolute atomic E-state index is 0.0733. The average molecular weight is 562 g/mol. The Balaban J connectivity index is 1.53. The van der Waals surface area contributed by atoms with Gasteiger partial charge in [-0.05, 0) is 69.4 Å². The minimum atomic E-state index is -3.40. The lowest BCUT2D eigenvalue weighted by molar-refractivity contribution is 0.0806. The fourth-order valence-electron chi connectivity index (χ4n) is 3.87. The smallest absolute Gasteiger partial charge is 0.335 e. The van der Waals surface area contributed by atoms with E-state index < -0.39 is 7.60 Å². The summed E-state index contributed by atoms with van der Waals surface area (Å²) in [5.41, 5.74) is 2.72. The maximum absolute atomic E-state index is 13.4. The third-order valence-electron chi connectivity index (χ3n) is 5.53. The number of phenols is 1. The van der Waals surface area contributed by atoms with E-state index in [0.29, 0.717) is 45.0 Å². The lowest BCUT2D eigenvalue weighted by Gasteiger charge is -2.30. The predicted molar refractivity (Wildman–Crippen MR) is 139 cm³/mol. The summed E-state index contributed by atoms with van der Waals surface area (Å²) < 4.78 is 31.6. The van der Waals surface area contributed by atoms with E-state index in [1.54, 1.807) is 36.4 Å². The molecule has 1 aliphatic rings. The van der Waals surface area contributed by atoms with Gasteiger partial charge in [-0.3, -0.25) is 4.57 Å². The molecule has 0 aromatic heterocycles. The number of phenolic OH excluding ortho intramolecular Hbond substituents is 1. The van der Waals surface area contributed by atoms with Gasteiger partial charge in [0.05, 0.1) is 23.3 Å². The number of hydrogen-bond donors (Lipinski definition) is 1. The Kier molecular flexibility index (Phi) is 7.80. The van der Waals surface area contributed by atoms with Gasteiger partial charge >= 0.3 is 7.60 Å². The molecule has 0 saturated carbocycles. The lowest BCUT2D eigenvalue weighted by Crippen LogP contribution is -2.16. The van der Waals surface area contributed by atoms with Crippen LogP contribution in [0, 0.1) is 0 Å². The first kappa shape index (κ1) is 25.3. The molecular weight excluding hydrogens is 537 g/mol. The number of ether oxygens (including phenoxy) is 1. The molecule has 0 amide bonds. The normalized spacial score (nSPS) is 20.4. The molecule has 0 bridgehead atoms. The molecule has 1 unspecified atom stereocenters. The maximum atomic E-state index is 13.4. The number of benzene rings is 3. The molecule has 1 fully saturated rings. The highest BCUT2D eigenvalue weighted by Gasteiger charge is 2.35. The Morgan fingerprint density at radius 2 is 2.03 bits per heavy atom. The van der Waals surface area contributed by atoms with Gasteiger partial charge in [0, 0.05) is 17.0 Å². The lowest BCUT2D eigenvalue weighted by atomic mass is 9.93. The van der Waals surface area contributed by atoms with E-state index in [1.807, 2.05) is 32.0 Å². The molecule has 3 aromatic rings. The molecular formula is C25H24BBrClO5P. The Bertz CT molecular complexity index is 1230. The second-order valence-corrected chi connectivity index (χ2v) is 11.8. The summed E-state index contributed by atoms with van der Waals surface area (Å²) in [5, 5.41) is 10.7. The molecule has 3 aromatic carbocycles. The van der Waals surface area contributed by atoms with Crippen LogP contribution in [0.1, 0.15) is 49.0 Å². The van der Waals surface area contributed by atoms with Crippen LogP contribution in [0.4, 0.5) is 0 Å². The zero-order valence-corrected chi connectivity index (χ0v) is 22.1. The summed E-state index contributed by atoms with van der Waals surface area (Å²) in [7, 11) is 2.89. The number of aromatic hydroxyl groups is 1.